The summed E-state index contributed by atoms with van der Waals surface area (Å²) in [6.07, 6.45) is 9.19. The van der Waals surface area contributed by atoms with E-state index in [0.29, 0.717) is 0 Å². The van der Waals surface area contributed by atoms with E-state index in [9.17, 15) is 0 Å². The van der Waals surface area contributed by atoms with E-state index in [1.165, 1.54) is 37.7 Å². The molecule has 1 aliphatic rings. The number of hydrogen-bond acceptors (Lipinski definition) is 1. The van der Waals surface area contributed by atoms with Crippen molar-refractivity contribution in [2.45, 2.75) is 39.0 Å². The molecular weight excluding hydrogens is 254 g/mol. The first-order valence-corrected chi connectivity index (χ1v) is 7.84. The molecule has 0 unspecified atom stereocenters. The maximum absolute atomic E-state index is 6.07. The Morgan fingerprint density at radius 1 is 1.32 bits per heavy atom. The van der Waals surface area contributed by atoms with Gasteiger partial charge in [-0.1, -0.05) is 61.6 Å². The van der Waals surface area contributed by atoms with Gasteiger partial charge in [0, 0.05) is 11.6 Å². The van der Waals surface area contributed by atoms with E-state index >= 15 is 0 Å². The minimum atomic E-state index is 0.756. The molecule has 0 saturated heterocycles. The molecule has 2 rings (SSSR count). The summed E-state index contributed by atoms with van der Waals surface area (Å²) in [5, 5.41) is 4.30. The minimum absolute atomic E-state index is 0.756. The molecule has 0 heterocycles. The fraction of sp³-hybridized carbons (Fsp3) is 0.529. The summed E-state index contributed by atoms with van der Waals surface area (Å²) in [6.45, 7) is 4.20. The van der Waals surface area contributed by atoms with Crippen molar-refractivity contribution in [3.63, 3.8) is 0 Å². The first-order valence-electron chi connectivity index (χ1n) is 7.46. The highest BCUT2D eigenvalue weighted by Gasteiger charge is 2.17. The second kappa shape index (κ2) is 7.72. The zero-order chi connectivity index (χ0) is 13.5. The lowest BCUT2D eigenvalue weighted by molar-refractivity contribution is 0.397. The highest BCUT2D eigenvalue weighted by molar-refractivity contribution is 6.30. The van der Waals surface area contributed by atoms with Crippen LogP contribution in [0.4, 0.5) is 0 Å². The maximum atomic E-state index is 6.07. The Balaban J connectivity index is 2.15. The van der Waals surface area contributed by atoms with Gasteiger partial charge in [-0.25, -0.2) is 0 Å². The lowest BCUT2D eigenvalue weighted by Crippen LogP contribution is -2.22. The third-order valence-electron chi connectivity index (χ3n) is 3.91. The molecular formula is C17H24ClN. The monoisotopic (exact) mass is 277 g/mol. The Kier molecular flexibility index (Phi) is 5.93. The molecule has 0 atom stereocenters. The summed E-state index contributed by atoms with van der Waals surface area (Å²) < 4.78 is 0. The van der Waals surface area contributed by atoms with Crippen molar-refractivity contribution < 1.29 is 0 Å². The number of rotatable bonds is 5. The van der Waals surface area contributed by atoms with Crippen molar-refractivity contribution in [2.75, 3.05) is 13.1 Å². The molecule has 0 radical (unpaired) electrons. The lowest BCUT2D eigenvalue weighted by Gasteiger charge is -2.25. The lowest BCUT2D eigenvalue weighted by atomic mass is 9.83. The molecule has 104 valence electrons. The fourth-order valence-corrected chi connectivity index (χ4v) is 3.07. The van der Waals surface area contributed by atoms with Gasteiger partial charge in [0.05, 0.1) is 0 Å². The molecule has 0 amide bonds. The van der Waals surface area contributed by atoms with Crippen molar-refractivity contribution >= 4 is 17.7 Å². The minimum Gasteiger partial charge on any atom is -0.313 e. The van der Waals surface area contributed by atoms with Gasteiger partial charge in [-0.3, -0.25) is 0 Å². The molecule has 1 fully saturated rings. The standard InChI is InChI=1S/C17H24ClN/c1-2-19-13-16(15-8-4-3-5-9-15)11-14-7-6-10-17(18)12-14/h6-7,10-12,15,19H,2-5,8-9,13H2,1H3. The van der Waals surface area contributed by atoms with Crippen LogP contribution < -0.4 is 5.32 Å². The molecule has 19 heavy (non-hydrogen) atoms. The van der Waals surface area contributed by atoms with Gasteiger partial charge in [-0.15, -0.1) is 0 Å². The van der Waals surface area contributed by atoms with Crippen LogP contribution in [-0.4, -0.2) is 13.1 Å². The molecule has 1 N–H and O–H groups in total. The predicted octanol–water partition coefficient (Wildman–Crippen LogP) is 4.91. The molecule has 0 aliphatic heterocycles. The molecule has 1 nitrogen and oxygen atoms in total. The van der Waals surface area contributed by atoms with Gasteiger partial charge in [0.1, 0.15) is 0 Å². The van der Waals surface area contributed by atoms with Crippen LogP contribution in [0.5, 0.6) is 0 Å². The van der Waals surface area contributed by atoms with Crippen molar-refractivity contribution in [3.8, 4) is 0 Å². The quantitative estimate of drug-likeness (QED) is 0.806. The van der Waals surface area contributed by atoms with E-state index in [4.69, 9.17) is 11.6 Å². The second-order valence-electron chi connectivity index (χ2n) is 5.39. The van der Waals surface area contributed by atoms with E-state index < -0.39 is 0 Å². The molecule has 1 aromatic carbocycles. The number of benzene rings is 1. The van der Waals surface area contributed by atoms with Crippen LogP contribution in [-0.2, 0) is 0 Å². The Morgan fingerprint density at radius 3 is 2.79 bits per heavy atom. The van der Waals surface area contributed by atoms with Gasteiger partial charge in [0.15, 0.2) is 0 Å². The number of nitrogens with one attached hydrogen (secondary N) is 1. The van der Waals surface area contributed by atoms with Crippen molar-refractivity contribution in [1.82, 2.24) is 5.32 Å². The van der Waals surface area contributed by atoms with Crippen LogP contribution in [0.15, 0.2) is 29.8 Å². The van der Waals surface area contributed by atoms with Crippen LogP contribution in [0.1, 0.15) is 44.6 Å². The average molecular weight is 278 g/mol. The predicted molar refractivity (Wildman–Crippen MR) is 84.5 cm³/mol. The number of likely N-dealkylation sites (N-methyl/N-ethyl adjacent to an activating group) is 1. The van der Waals surface area contributed by atoms with Crippen molar-refractivity contribution in [1.29, 1.82) is 0 Å². The van der Waals surface area contributed by atoms with Gasteiger partial charge in [0.2, 0.25) is 0 Å². The van der Waals surface area contributed by atoms with E-state index in [0.717, 1.165) is 24.0 Å². The van der Waals surface area contributed by atoms with Crippen LogP contribution in [0.25, 0.3) is 6.08 Å². The van der Waals surface area contributed by atoms with Crippen LogP contribution in [0.2, 0.25) is 5.02 Å². The third-order valence-corrected chi connectivity index (χ3v) is 4.14. The van der Waals surface area contributed by atoms with Crippen LogP contribution >= 0.6 is 11.6 Å². The van der Waals surface area contributed by atoms with Crippen molar-refractivity contribution in [2.24, 2.45) is 5.92 Å². The zero-order valence-corrected chi connectivity index (χ0v) is 12.5. The highest BCUT2D eigenvalue weighted by Crippen LogP contribution is 2.30. The maximum Gasteiger partial charge on any atom is 0.0411 e. The van der Waals surface area contributed by atoms with E-state index in [-0.39, 0.29) is 0 Å². The number of hydrogen-bond donors (Lipinski definition) is 1. The first kappa shape index (κ1) is 14.6. The largest absolute Gasteiger partial charge is 0.313 e. The van der Waals surface area contributed by atoms with Gasteiger partial charge < -0.3 is 5.32 Å². The third kappa shape index (κ3) is 4.67. The first-order chi connectivity index (χ1) is 9.29. The van der Waals surface area contributed by atoms with E-state index in [1.807, 2.05) is 12.1 Å². The van der Waals surface area contributed by atoms with Gasteiger partial charge in [0.25, 0.3) is 0 Å². The number of halogens is 1. The Hall–Kier alpha value is -0.790. The SMILES string of the molecule is CCNCC(=Cc1cccc(Cl)c1)C1CCCCC1. The molecule has 1 saturated carbocycles. The van der Waals surface area contributed by atoms with Crippen LogP contribution in [0.3, 0.4) is 0 Å². The molecule has 0 aromatic heterocycles. The summed E-state index contributed by atoms with van der Waals surface area (Å²) in [4.78, 5) is 0. The van der Waals surface area contributed by atoms with E-state index in [2.05, 4.69) is 30.4 Å². The second-order valence-corrected chi connectivity index (χ2v) is 5.83. The van der Waals surface area contributed by atoms with Gasteiger partial charge >= 0.3 is 0 Å². The highest BCUT2D eigenvalue weighted by atomic mass is 35.5. The smallest absolute Gasteiger partial charge is 0.0411 e. The summed E-state index contributed by atoms with van der Waals surface area (Å²) in [6, 6.07) is 8.15. The van der Waals surface area contributed by atoms with Crippen molar-refractivity contribution in [3.05, 3.63) is 40.4 Å². The molecule has 0 bridgehead atoms. The molecule has 2 heteroatoms. The molecule has 0 spiro atoms. The van der Waals surface area contributed by atoms with Gasteiger partial charge in [-0.05, 0) is 43.0 Å². The normalized spacial score (nSPS) is 17.7. The fourth-order valence-electron chi connectivity index (χ4n) is 2.87. The topological polar surface area (TPSA) is 12.0 Å². The Bertz CT molecular complexity index is 419. The average Bonchev–Trinajstić information content (AvgIpc) is 2.44. The molecule has 1 aromatic rings. The zero-order valence-electron chi connectivity index (χ0n) is 11.8. The van der Waals surface area contributed by atoms with E-state index in [1.54, 1.807) is 5.57 Å². The summed E-state index contributed by atoms with van der Waals surface area (Å²) in [5.74, 6) is 0.756. The van der Waals surface area contributed by atoms with Gasteiger partial charge in [-0.2, -0.15) is 0 Å². The Morgan fingerprint density at radius 2 is 2.11 bits per heavy atom. The molecule has 1 aliphatic carbocycles. The van der Waals surface area contributed by atoms with Crippen LogP contribution in [0, 0.1) is 5.92 Å². The summed E-state index contributed by atoms with van der Waals surface area (Å²) >= 11 is 6.07. The Labute approximate surface area is 122 Å². The summed E-state index contributed by atoms with van der Waals surface area (Å²) in [5.41, 5.74) is 2.77. The summed E-state index contributed by atoms with van der Waals surface area (Å²) in [7, 11) is 0.